The number of furan rings is 1. The fourth-order valence-corrected chi connectivity index (χ4v) is 2.88. The standard InChI is InChI=1S/C21H24N2O3/c1-3-25-20-9-8-17(12-21(20)24-2)14-23(16-19-7-5-11-26-19)15-18-6-4-10-22-13-18/h4-13H,3,14-16H2,1-2H3. The predicted octanol–water partition coefficient (Wildman–Crippen LogP) is 4.28. The van der Waals surface area contributed by atoms with Gasteiger partial charge in [-0.25, -0.2) is 0 Å². The van der Waals surface area contributed by atoms with Crippen LogP contribution in [0.3, 0.4) is 0 Å². The molecule has 0 saturated carbocycles. The third-order valence-electron chi connectivity index (χ3n) is 4.02. The van der Waals surface area contributed by atoms with E-state index in [9.17, 15) is 0 Å². The number of methoxy groups -OCH3 is 1. The van der Waals surface area contributed by atoms with Gasteiger partial charge in [0.1, 0.15) is 5.76 Å². The summed E-state index contributed by atoms with van der Waals surface area (Å²) >= 11 is 0. The van der Waals surface area contributed by atoms with Gasteiger partial charge < -0.3 is 13.9 Å². The molecule has 0 N–H and O–H groups in total. The minimum Gasteiger partial charge on any atom is -0.493 e. The van der Waals surface area contributed by atoms with E-state index in [1.165, 1.54) is 0 Å². The number of nitrogens with zero attached hydrogens (tertiary/aromatic N) is 2. The molecule has 0 amide bonds. The number of hydrogen-bond donors (Lipinski definition) is 0. The molecule has 5 heteroatoms. The molecule has 1 aromatic carbocycles. The van der Waals surface area contributed by atoms with Crippen molar-refractivity contribution in [3.63, 3.8) is 0 Å². The second-order valence-electron chi connectivity index (χ2n) is 6.00. The summed E-state index contributed by atoms with van der Waals surface area (Å²) in [6.07, 6.45) is 5.39. The molecule has 0 radical (unpaired) electrons. The van der Waals surface area contributed by atoms with E-state index >= 15 is 0 Å². The normalized spacial score (nSPS) is 10.9. The minimum absolute atomic E-state index is 0.612. The van der Waals surface area contributed by atoms with Crippen molar-refractivity contribution in [1.29, 1.82) is 0 Å². The lowest BCUT2D eigenvalue weighted by Crippen LogP contribution is -2.22. The number of ether oxygens (including phenoxy) is 2. The van der Waals surface area contributed by atoms with Gasteiger partial charge in [0.05, 0.1) is 26.5 Å². The van der Waals surface area contributed by atoms with Crippen LogP contribution >= 0.6 is 0 Å². The first-order chi connectivity index (χ1) is 12.8. The summed E-state index contributed by atoms with van der Waals surface area (Å²) in [6.45, 7) is 4.84. The molecule has 2 heterocycles. The zero-order chi connectivity index (χ0) is 18.2. The van der Waals surface area contributed by atoms with E-state index in [1.807, 2.05) is 43.5 Å². The molecule has 0 atom stereocenters. The van der Waals surface area contributed by atoms with E-state index in [4.69, 9.17) is 13.9 Å². The molecule has 136 valence electrons. The van der Waals surface area contributed by atoms with Crippen LogP contribution in [-0.2, 0) is 19.6 Å². The van der Waals surface area contributed by atoms with Gasteiger partial charge in [-0.05, 0) is 48.4 Å². The minimum atomic E-state index is 0.612. The number of aromatic nitrogens is 1. The molecule has 0 spiro atoms. The Hall–Kier alpha value is -2.79. The summed E-state index contributed by atoms with van der Waals surface area (Å²) in [6, 6.07) is 14.0. The van der Waals surface area contributed by atoms with Crippen molar-refractivity contribution in [3.8, 4) is 11.5 Å². The van der Waals surface area contributed by atoms with Gasteiger partial charge in [-0.3, -0.25) is 9.88 Å². The molecule has 5 nitrogen and oxygen atoms in total. The third-order valence-corrected chi connectivity index (χ3v) is 4.02. The quantitative estimate of drug-likeness (QED) is 0.575. The van der Waals surface area contributed by atoms with E-state index in [-0.39, 0.29) is 0 Å². The van der Waals surface area contributed by atoms with Crippen LogP contribution in [-0.4, -0.2) is 23.6 Å². The molecule has 3 aromatic rings. The first kappa shape index (κ1) is 18.0. The van der Waals surface area contributed by atoms with Crippen molar-refractivity contribution >= 4 is 0 Å². The van der Waals surface area contributed by atoms with Crippen LogP contribution in [0.15, 0.2) is 65.5 Å². The molecule has 26 heavy (non-hydrogen) atoms. The highest BCUT2D eigenvalue weighted by molar-refractivity contribution is 5.43. The van der Waals surface area contributed by atoms with Gasteiger partial charge in [-0.1, -0.05) is 12.1 Å². The van der Waals surface area contributed by atoms with Crippen LogP contribution in [0.2, 0.25) is 0 Å². The monoisotopic (exact) mass is 352 g/mol. The number of rotatable bonds is 9. The van der Waals surface area contributed by atoms with Crippen molar-refractivity contribution in [2.75, 3.05) is 13.7 Å². The SMILES string of the molecule is CCOc1ccc(CN(Cc2cccnc2)Cc2ccco2)cc1OC. The van der Waals surface area contributed by atoms with Crippen molar-refractivity contribution in [2.24, 2.45) is 0 Å². The molecule has 0 aliphatic carbocycles. The molecule has 3 rings (SSSR count). The summed E-state index contributed by atoms with van der Waals surface area (Å²) in [5.74, 6) is 2.46. The Morgan fingerprint density at radius 3 is 2.58 bits per heavy atom. The van der Waals surface area contributed by atoms with E-state index in [2.05, 4.69) is 22.0 Å². The van der Waals surface area contributed by atoms with Crippen LogP contribution in [0.1, 0.15) is 23.8 Å². The average molecular weight is 352 g/mol. The van der Waals surface area contributed by atoms with Crippen molar-refractivity contribution in [1.82, 2.24) is 9.88 Å². The molecule has 0 fully saturated rings. The summed E-state index contributed by atoms with van der Waals surface area (Å²) in [5, 5.41) is 0. The average Bonchev–Trinajstić information content (AvgIpc) is 3.17. The molecule has 0 unspecified atom stereocenters. The maximum Gasteiger partial charge on any atom is 0.161 e. The molecule has 2 aromatic heterocycles. The van der Waals surface area contributed by atoms with Gasteiger partial charge in [0.2, 0.25) is 0 Å². The lowest BCUT2D eigenvalue weighted by atomic mass is 10.1. The number of benzene rings is 1. The van der Waals surface area contributed by atoms with Gasteiger partial charge in [0.25, 0.3) is 0 Å². The maximum atomic E-state index is 5.61. The highest BCUT2D eigenvalue weighted by atomic mass is 16.5. The van der Waals surface area contributed by atoms with Crippen LogP contribution in [0.5, 0.6) is 11.5 Å². The second-order valence-corrected chi connectivity index (χ2v) is 6.00. The molecular weight excluding hydrogens is 328 g/mol. The summed E-state index contributed by atoms with van der Waals surface area (Å²) in [7, 11) is 1.66. The first-order valence-electron chi connectivity index (χ1n) is 8.72. The topological polar surface area (TPSA) is 47.7 Å². The van der Waals surface area contributed by atoms with Gasteiger partial charge in [-0.15, -0.1) is 0 Å². The van der Waals surface area contributed by atoms with Crippen molar-refractivity contribution in [2.45, 2.75) is 26.6 Å². The molecular formula is C21H24N2O3. The van der Waals surface area contributed by atoms with E-state index in [0.717, 1.165) is 48.0 Å². The van der Waals surface area contributed by atoms with E-state index < -0.39 is 0 Å². The third kappa shape index (κ3) is 4.86. The molecule has 0 bridgehead atoms. The maximum absolute atomic E-state index is 5.61. The van der Waals surface area contributed by atoms with Crippen LogP contribution < -0.4 is 9.47 Å². The Balaban J connectivity index is 1.78. The van der Waals surface area contributed by atoms with Crippen LogP contribution in [0, 0.1) is 0 Å². The van der Waals surface area contributed by atoms with Crippen molar-refractivity contribution in [3.05, 3.63) is 78.0 Å². The first-order valence-corrected chi connectivity index (χ1v) is 8.72. The van der Waals surface area contributed by atoms with Crippen molar-refractivity contribution < 1.29 is 13.9 Å². The zero-order valence-electron chi connectivity index (χ0n) is 15.2. The predicted molar refractivity (Wildman–Crippen MR) is 100 cm³/mol. The summed E-state index contributed by atoms with van der Waals surface area (Å²) in [5.41, 5.74) is 2.32. The fourth-order valence-electron chi connectivity index (χ4n) is 2.88. The van der Waals surface area contributed by atoms with E-state index in [1.54, 1.807) is 19.6 Å². The Bertz CT molecular complexity index is 788. The highest BCUT2D eigenvalue weighted by Crippen LogP contribution is 2.29. The lowest BCUT2D eigenvalue weighted by Gasteiger charge is -2.22. The Kier molecular flexibility index (Phi) is 6.28. The molecule has 0 aliphatic heterocycles. The Morgan fingerprint density at radius 1 is 1.00 bits per heavy atom. The Labute approximate surface area is 154 Å². The van der Waals surface area contributed by atoms with Gasteiger partial charge in [-0.2, -0.15) is 0 Å². The number of hydrogen-bond acceptors (Lipinski definition) is 5. The zero-order valence-corrected chi connectivity index (χ0v) is 15.2. The van der Waals surface area contributed by atoms with E-state index in [0.29, 0.717) is 6.61 Å². The second kappa shape index (κ2) is 9.06. The smallest absolute Gasteiger partial charge is 0.161 e. The highest BCUT2D eigenvalue weighted by Gasteiger charge is 2.12. The lowest BCUT2D eigenvalue weighted by molar-refractivity contribution is 0.226. The Morgan fingerprint density at radius 2 is 1.88 bits per heavy atom. The summed E-state index contributed by atoms with van der Waals surface area (Å²) < 4.78 is 16.6. The molecule has 0 saturated heterocycles. The van der Waals surface area contributed by atoms with Gasteiger partial charge in [0.15, 0.2) is 11.5 Å². The van der Waals surface area contributed by atoms with Crippen LogP contribution in [0.25, 0.3) is 0 Å². The van der Waals surface area contributed by atoms with Gasteiger partial charge >= 0.3 is 0 Å². The summed E-state index contributed by atoms with van der Waals surface area (Å²) in [4.78, 5) is 6.53. The van der Waals surface area contributed by atoms with Crippen LogP contribution in [0.4, 0.5) is 0 Å². The molecule has 0 aliphatic rings. The largest absolute Gasteiger partial charge is 0.493 e. The van der Waals surface area contributed by atoms with Gasteiger partial charge in [0, 0.05) is 25.5 Å². The fraction of sp³-hybridized carbons (Fsp3) is 0.286. The number of pyridine rings is 1.